The molecule has 1 aromatic rings. The third-order valence-electron chi connectivity index (χ3n) is 2.63. The van der Waals surface area contributed by atoms with Gasteiger partial charge in [0, 0.05) is 6.61 Å². The molecule has 0 aromatic heterocycles. The number of esters is 1. The summed E-state index contributed by atoms with van der Waals surface area (Å²) in [5.74, 6) is -0.0638. The zero-order valence-electron chi connectivity index (χ0n) is 11.1. The number of aromatic hydroxyl groups is 1. The quantitative estimate of drug-likeness (QED) is 0.791. The zero-order valence-corrected chi connectivity index (χ0v) is 11.1. The molecule has 1 atom stereocenters. The second-order valence-electron chi connectivity index (χ2n) is 3.99. The fourth-order valence-corrected chi connectivity index (χ4v) is 1.85. The third-order valence-corrected chi connectivity index (χ3v) is 2.63. The highest BCUT2D eigenvalue weighted by atomic mass is 16.5. The van der Waals surface area contributed by atoms with Crippen LogP contribution in [0.25, 0.3) is 0 Å². The van der Waals surface area contributed by atoms with Gasteiger partial charge in [0.2, 0.25) is 0 Å². The fraction of sp³-hybridized carbons (Fsp3) is 0.500. The maximum absolute atomic E-state index is 11.5. The summed E-state index contributed by atoms with van der Waals surface area (Å²) in [5, 5.41) is 9.38. The highest BCUT2D eigenvalue weighted by Gasteiger charge is 2.19. The van der Waals surface area contributed by atoms with Crippen molar-refractivity contribution in [2.45, 2.75) is 33.3 Å². The molecule has 0 saturated heterocycles. The summed E-state index contributed by atoms with van der Waals surface area (Å²) in [6, 6.07) is 5.04. The van der Waals surface area contributed by atoms with Crippen molar-refractivity contribution in [3.8, 4) is 5.75 Å². The van der Waals surface area contributed by atoms with Crippen LogP contribution in [0.4, 0.5) is 0 Å². The summed E-state index contributed by atoms with van der Waals surface area (Å²) in [7, 11) is 0. The van der Waals surface area contributed by atoms with Crippen molar-refractivity contribution >= 4 is 5.97 Å². The summed E-state index contributed by atoms with van der Waals surface area (Å²) in [4.78, 5) is 11.5. The van der Waals surface area contributed by atoms with E-state index in [4.69, 9.17) is 9.47 Å². The molecule has 0 radical (unpaired) electrons. The molecular weight excluding hydrogens is 232 g/mol. The minimum absolute atomic E-state index is 0.188. The van der Waals surface area contributed by atoms with Crippen LogP contribution in [-0.4, -0.2) is 24.3 Å². The Hall–Kier alpha value is -1.55. The average molecular weight is 252 g/mol. The Morgan fingerprint density at radius 2 is 2.06 bits per heavy atom. The number of hydrogen-bond acceptors (Lipinski definition) is 4. The van der Waals surface area contributed by atoms with Gasteiger partial charge in [-0.25, -0.2) is 0 Å². The first-order valence-electron chi connectivity index (χ1n) is 6.15. The van der Waals surface area contributed by atoms with E-state index in [1.807, 2.05) is 13.8 Å². The van der Waals surface area contributed by atoms with Gasteiger partial charge in [-0.15, -0.1) is 0 Å². The van der Waals surface area contributed by atoms with Gasteiger partial charge in [0.1, 0.15) is 5.75 Å². The lowest BCUT2D eigenvalue weighted by Gasteiger charge is -2.18. The van der Waals surface area contributed by atoms with Crippen LogP contribution in [0, 0.1) is 6.92 Å². The largest absolute Gasteiger partial charge is 0.508 e. The second-order valence-corrected chi connectivity index (χ2v) is 3.99. The minimum atomic E-state index is -0.324. The van der Waals surface area contributed by atoms with Gasteiger partial charge in [-0.2, -0.15) is 0 Å². The average Bonchev–Trinajstić information content (AvgIpc) is 2.29. The van der Waals surface area contributed by atoms with Gasteiger partial charge in [0.05, 0.1) is 19.1 Å². The van der Waals surface area contributed by atoms with Crippen molar-refractivity contribution in [2.24, 2.45) is 0 Å². The lowest BCUT2D eigenvalue weighted by molar-refractivity contribution is -0.146. The van der Waals surface area contributed by atoms with Crippen molar-refractivity contribution < 1.29 is 19.4 Å². The van der Waals surface area contributed by atoms with Crippen LogP contribution >= 0.6 is 0 Å². The molecule has 0 fully saturated rings. The van der Waals surface area contributed by atoms with E-state index in [9.17, 15) is 9.90 Å². The lowest BCUT2D eigenvalue weighted by Crippen LogP contribution is -2.14. The Morgan fingerprint density at radius 3 is 2.61 bits per heavy atom. The van der Waals surface area contributed by atoms with E-state index in [0.717, 1.165) is 11.1 Å². The van der Waals surface area contributed by atoms with Crippen LogP contribution in [0.3, 0.4) is 0 Å². The van der Waals surface area contributed by atoms with E-state index in [1.54, 1.807) is 25.1 Å². The molecule has 0 saturated carbocycles. The smallest absolute Gasteiger partial charge is 0.308 e. The van der Waals surface area contributed by atoms with Gasteiger partial charge in [-0.3, -0.25) is 4.79 Å². The summed E-state index contributed by atoms with van der Waals surface area (Å²) in [6.07, 6.45) is -0.137. The molecule has 0 amide bonds. The molecule has 0 spiro atoms. The Morgan fingerprint density at radius 1 is 1.33 bits per heavy atom. The van der Waals surface area contributed by atoms with Gasteiger partial charge in [0.15, 0.2) is 0 Å². The number of phenolic OH excluding ortho intramolecular Hbond substituents is 1. The predicted molar refractivity (Wildman–Crippen MR) is 68.5 cm³/mol. The van der Waals surface area contributed by atoms with E-state index < -0.39 is 0 Å². The molecule has 1 unspecified atom stereocenters. The van der Waals surface area contributed by atoms with E-state index >= 15 is 0 Å². The van der Waals surface area contributed by atoms with E-state index in [1.165, 1.54) is 0 Å². The molecular formula is C14H20O4. The van der Waals surface area contributed by atoms with Gasteiger partial charge in [-0.05, 0) is 44.0 Å². The van der Waals surface area contributed by atoms with Crippen molar-refractivity contribution in [2.75, 3.05) is 13.2 Å². The molecule has 0 aliphatic rings. The maximum Gasteiger partial charge on any atom is 0.308 e. The first-order valence-corrected chi connectivity index (χ1v) is 6.15. The number of hydrogen-bond donors (Lipinski definition) is 1. The zero-order chi connectivity index (χ0) is 13.5. The Balaban J connectivity index is 2.86. The number of benzene rings is 1. The van der Waals surface area contributed by atoms with Crippen molar-refractivity contribution in [3.05, 3.63) is 29.3 Å². The van der Waals surface area contributed by atoms with Crippen LogP contribution in [0.15, 0.2) is 18.2 Å². The normalized spacial score (nSPS) is 12.2. The van der Waals surface area contributed by atoms with Crippen LogP contribution in [-0.2, 0) is 14.3 Å². The first-order chi connectivity index (χ1) is 8.58. The fourth-order valence-electron chi connectivity index (χ4n) is 1.85. The summed E-state index contributed by atoms with van der Waals surface area (Å²) >= 11 is 0. The molecule has 0 heterocycles. The standard InChI is InChI=1S/C14H20O4/c1-4-17-13(9-14(16)18-5-2)12-7-6-11(15)8-10(12)3/h6-8,13,15H,4-5,9H2,1-3H3. The van der Waals surface area contributed by atoms with Gasteiger partial charge < -0.3 is 14.6 Å². The van der Waals surface area contributed by atoms with Crippen molar-refractivity contribution in [1.29, 1.82) is 0 Å². The SMILES string of the molecule is CCOC(=O)CC(OCC)c1ccc(O)cc1C. The number of carbonyl (C=O) groups excluding carboxylic acids is 1. The van der Waals surface area contributed by atoms with E-state index in [0.29, 0.717) is 13.2 Å². The molecule has 1 rings (SSSR count). The van der Waals surface area contributed by atoms with Crippen LogP contribution < -0.4 is 0 Å². The molecule has 100 valence electrons. The number of rotatable bonds is 6. The number of aryl methyl sites for hydroxylation is 1. The highest BCUT2D eigenvalue weighted by molar-refractivity contribution is 5.70. The van der Waals surface area contributed by atoms with E-state index in [-0.39, 0.29) is 24.2 Å². The van der Waals surface area contributed by atoms with E-state index in [2.05, 4.69) is 0 Å². The predicted octanol–water partition coefficient (Wildman–Crippen LogP) is 2.73. The lowest BCUT2D eigenvalue weighted by atomic mass is 10.0. The first kappa shape index (κ1) is 14.5. The topological polar surface area (TPSA) is 55.8 Å². The maximum atomic E-state index is 11.5. The van der Waals surface area contributed by atoms with Crippen molar-refractivity contribution in [1.82, 2.24) is 0 Å². The summed E-state index contributed by atoms with van der Waals surface area (Å²) < 4.78 is 10.5. The highest BCUT2D eigenvalue weighted by Crippen LogP contribution is 2.27. The van der Waals surface area contributed by atoms with Gasteiger partial charge in [0.25, 0.3) is 0 Å². The summed E-state index contributed by atoms with van der Waals surface area (Å²) in [6.45, 7) is 6.43. The van der Waals surface area contributed by atoms with Crippen LogP contribution in [0.5, 0.6) is 5.75 Å². The third kappa shape index (κ3) is 4.04. The Bertz CT molecular complexity index is 401. The molecule has 0 aliphatic carbocycles. The minimum Gasteiger partial charge on any atom is -0.508 e. The number of phenols is 1. The monoisotopic (exact) mass is 252 g/mol. The molecule has 0 aliphatic heterocycles. The molecule has 4 nitrogen and oxygen atoms in total. The Kier molecular flexibility index (Phi) is 5.65. The van der Waals surface area contributed by atoms with Crippen LogP contribution in [0.2, 0.25) is 0 Å². The van der Waals surface area contributed by atoms with Gasteiger partial charge >= 0.3 is 5.97 Å². The molecule has 0 bridgehead atoms. The van der Waals surface area contributed by atoms with Crippen molar-refractivity contribution in [3.63, 3.8) is 0 Å². The van der Waals surface area contributed by atoms with Crippen LogP contribution in [0.1, 0.15) is 37.5 Å². The molecule has 18 heavy (non-hydrogen) atoms. The Labute approximate surface area is 108 Å². The summed E-state index contributed by atoms with van der Waals surface area (Å²) in [5.41, 5.74) is 1.81. The second kappa shape index (κ2) is 7.01. The number of ether oxygens (including phenoxy) is 2. The molecule has 1 N–H and O–H groups in total. The van der Waals surface area contributed by atoms with Gasteiger partial charge in [-0.1, -0.05) is 6.07 Å². The molecule has 1 aromatic carbocycles. The molecule has 4 heteroatoms. The number of carbonyl (C=O) groups is 1.